The van der Waals surface area contributed by atoms with E-state index in [1.165, 1.54) is 0 Å². The van der Waals surface area contributed by atoms with Gasteiger partial charge in [-0.05, 0) is 41.5 Å². The van der Waals surface area contributed by atoms with Gasteiger partial charge in [-0.3, -0.25) is 9.48 Å². The third-order valence-corrected chi connectivity index (χ3v) is 6.68. The van der Waals surface area contributed by atoms with Crippen LogP contribution in [0.4, 0.5) is 0 Å². The zero-order valence-corrected chi connectivity index (χ0v) is 20.0. The SMILES string of the molecule is O=C(O)COc1ccc(Cl)cc1C1c2ccccc2CN1C(=O)CCn1ncc2c(Cl)cccc21. The molecule has 0 radical (unpaired) electrons. The van der Waals surface area contributed by atoms with Crippen LogP contribution in [0.25, 0.3) is 10.9 Å². The van der Waals surface area contributed by atoms with Gasteiger partial charge in [0.05, 0.1) is 29.3 Å². The largest absolute Gasteiger partial charge is 0.482 e. The summed E-state index contributed by atoms with van der Waals surface area (Å²) in [6, 6.07) is 18.0. The number of fused-ring (bicyclic) bond motifs is 2. The standard InChI is InChI=1S/C26H21Cl2N3O4/c27-17-8-9-23(35-15-25(33)34)19(12-17)26-18-5-2-1-4-16(18)14-30(26)24(32)10-11-31-22-7-3-6-21(28)20(22)13-29-31/h1-9,12-13,26H,10-11,14-15H2,(H,33,34). The average Bonchev–Trinajstić information content (AvgIpc) is 3.44. The predicted octanol–water partition coefficient (Wildman–Crippen LogP) is 5.33. The number of carboxylic acid groups (broad SMARTS) is 1. The number of amides is 1. The molecule has 0 fully saturated rings. The van der Waals surface area contributed by atoms with Crippen molar-refractivity contribution in [3.63, 3.8) is 0 Å². The third kappa shape index (κ3) is 4.57. The van der Waals surface area contributed by atoms with E-state index >= 15 is 0 Å². The highest BCUT2D eigenvalue weighted by Gasteiger charge is 2.36. The molecule has 2 heterocycles. The van der Waals surface area contributed by atoms with Crippen LogP contribution < -0.4 is 4.74 Å². The molecule has 0 saturated carbocycles. The normalized spacial score (nSPS) is 14.8. The number of aryl methyl sites for hydroxylation is 1. The zero-order valence-electron chi connectivity index (χ0n) is 18.5. The number of carboxylic acids is 1. The highest BCUT2D eigenvalue weighted by molar-refractivity contribution is 6.35. The molecule has 1 aliphatic rings. The summed E-state index contributed by atoms with van der Waals surface area (Å²) in [5, 5.41) is 15.4. The van der Waals surface area contributed by atoms with Gasteiger partial charge in [-0.25, -0.2) is 4.79 Å². The highest BCUT2D eigenvalue weighted by atomic mass is 35.5. The fraction of sp³-hybridized carbons (Fsp3) is 0.192. The third-order valence-electron chi connectivity index (χ3n) is 6.11. The Balaban J connectivity index is 1.45. The second kappa shape index (κ2) is 9.60. The number of hydrogen-bond donors (Lipinski definition) is 1. The van der Waals surface area contributed by atoms with Gasteiger partial charge < -0.3 is 14.7 Å². The Morgan fingerprint density at radius 3 is 2.71 bits per heavy atom. The molecule has 3 aromatic carbocycles. The minimum Gasteiger partial charge on any atom is -0.482 e. The van der Waals surface area contributed by atoms with Gasteiger partial charge in [0, 0.05) is 28.9 Å². The molecule has 178 valence electrons. The Morgan fingerprint density at radius 1 is 1.06 bits per heavy atom. The maximum Gasteiger partial charge on any atom is 0.341 e. The molecule has 0 spiro atoms. The molecule has 1 atom stereocenters. The molecular formula is C26H21Cl2N3O4. The van der Waals surface area contributed by atoms with Crippen molar-refractivity contribution >= 4 is 46.0 Å². The molecule has 0 saturated heterocycles. The summed E-state index contributed by atoms with van der Waals surface area (Å²) in [7, 11) is 0. The van der Waals surface area contributed by atoms with Gasteiger partial charge in [-0.1, -0.05) is 53.5 Å². The van der Waals surface area contributed by atoms with Crippen LogP contribution in [0.3, 0.4) is 0 Å². The summed E-state index contributed by atoms with van der Waals surface area (Å²) in [4.78, 5) is 26.5. The van der Waals surface area contributed by atoms with Gasteiger partial charge in [0.15, 0.2) is 6.61 Å². The van der Waals surface area contributed by atoms with Crippen LogP contribution in [-0.2, 0) is 22.7 Å². The lowest BCUT2D eigenvalue weighted by molar-refractivity contribution is -0.139. The first-order chi connectivity index (χ1) is 16.9. The lowest BCUT2D eigenvalue weighted by atomic mass is 9.97. The number of rotatable bonds is 7. The number of carbonyl (C=O) groups excluding carboxylic acids is 1. The first kappa shape index (κ1) is 23.2. The van der Waals surface area contributed by atoms with Crippen LogP contribution >= 0.6 is 23.2 Å². The minimum atomic E-state index is -1.09. The van der Waals surface area contributed by atoms with E-state index in [4.69, 9.17) is 33.0 Å². The number of ether oxygens (including phenoxy) is 1. The van der Waals surface area contributed by atoms with E-state index in [2.05, 4.69) is 5.10 Å². The Bertz CT molecular complexity index is 1440. The van der Waals surface area contributed by atoms with E-state index in [1.807, 2.05) is 42.5 Å². The number of aromatic nitrogens is 2. The molecule has 0 aliphatic carbocycles. The van der Waals surface area contributed by atoms with Crippen LogP contribution in [0.15, 0.2) is 66.9 Å². The van der Waals surface area contributed by atoms with Crippen LogP contribution in [0.2, 0.25) is 10.0 Å². The van der Waals surface area contributed by atoms with E-state index in [1.54, 1.807) is 34.0 Å². The Hall–Kier alpha value is -3.55. The second-order valence-corrected chi connectivity index (χ2v) is 9.12. The van der Waals surface area contributed by atoms with E-state index in [0.29, 0.717) is 34.4 Å². The summed E-state index contributed by atoms with van der Waals surface area (Å²) < 4.78 is 7.34. The maximum atomic E-state index is 13.5. The topological polar surface area (TPSA) is 84.7 Å². The summed E-state index contributed by atoms with van der Waals surface area (Å²) in [6.45, 7) is 0.322. The molecular weight excluding hydrogens is 489 g/mol. The van der Waals surface area contributed by atoms with Gasteiger partial charge in [-0.15, -0.1) is 0 Å². The van der Waals surface area contributed by atoms with Gasteiger partial charge >= 0.3 is 5.97 Å². The summed E-state index contributed by atoms with van der Waals surface area (Å²) in [6.07, 6.45) is 1.92. The minimum absolute atomic E-state index is 0.0685. The van der Waals surface area contributed by atoms with Crippen LogP contribution in [0, 0.1) is 0 Å². The molecule has 5 rings (SSSR count). The van der Waals surface area contributed by atoms with E-state index in [9.17, 15) is 9.59 Å². The number of carbonyl (C=O) groups is 2. The average molecular weight is 510 g/mol. The molecule has 35 heavy (non-hydrogen) atoms. The fourth-order valence-corrected chi connectivity index (χ4v) is 4.95. The number of halogens is 2. The van der Waals surface area contributed by atoms with E-state index in [-0.39, 0.29) is 12.3 Å². The maximum absolute atomic E-state index is 13.5. The molecule has 0 bridgehead atoms. The molecule has 4 aromatic rings. The predicted molar refractivity (Wildman–Crippen MR) is 133 cm³/mol. The highest BCUT2D eigenvalue weighted by Crippen LogP contribution is 2.43. The van der Waals surface area contributed by atoms with Crippen molar-refractivity contribution in [1.29, 1.82) is 0 Å². The van der Waals surface area contributed by atoms with Crippen molar-refractivity contribution in [2.24, 2.45) is 0 Å². The Labute approximate surface area is 211 Å². The fourth-order valence-electron chi connectivity index (χ4n) is 4.55. The first-order valence-electron chi connectivity index (χ1n) is 11.0. The molecule has 1 amide bonds. The van der Waals surface area contributed by atoms with Crippen molar-refractivity contribution in [3.05, 3.63) is 93.6 Å². The summed E-state index contributed by atoms with van der Waals surface area (Å²) in [5.74, 6) is -0.776. The van der Waals surface area contributed by atoms with Crippen molar-refractivity contribution < 1.29 is 19.4 Å². The van der Waals surface area contributed by atoms with Gasteiger partial charge in [0.25, 0.3) is 0 Å². The van der Waals surface area contributed by atoms with Gasteiger partial charge in [0.2, 0.25) is 5.91 Å². The molecule has 9 heteroatoms. The van der Waals surface area contributed by atoms with Crippen molar-refractivity contribution in [3.8, 4) is 5.75 Å². The Kier molecular flexibility index (Phi) is 6.36. The lowest BCUT2D eigenvalue weighted by Crippen LogP contribution is -2.31. The number of hydrogen-bond acceptors (Lipinski definition) is 4. The Morgan fingerprint density at radius 2 is 1.89 bits per heavy atom. The molecule has 1 aliphatic heterocycles. The second-order valence-electron chi connectivity index (χ2n) is 8.28. The van der Waals surface area contributed by atoms with Crippen molar-refractivity contribution in [1.82, 2.24) is 14.7 Å². The molecule has 1 N–H and O–H groups in total. The molecule has 1 aromatic heterocycles. The molecule has 1 unspecified atom stereocenters. The summed E-state index contributed by atoms with van der Waals surface area (Å²) >= 11 is 12.6. The van der Waals surface area contributed by atoms with E-state index in [0.717, 1.165) is 22.0 Å². The van der Waals surface area contributed by atoms with Crippen LogP contribution in [0.1, 0.15) is 29.2 Å². The van der Waals surface area contributed by atoms with Gasteiger partial charge in [-0.2, -0.15) is 5.10 Å². The monoisotopic (exact) mass is 509 g/mol. The number of nitrogens with zero attached hydrogens (tertiary/aromatic N) is 3. The quantitative estimate of drug-likeness (QED) is 0.364. The van der Waals surface area contributed by atoms with Gasteiger partial charge in [0.1, 0.15) is 5.75 Å². The van der Waals surface area contributed by atoms with E-state index < -0.39 is 18.6 Å². The summed E-state index contributed by atoms with van der Waals surface area (Å²) in [5.41, 5.74) is 3.49. The van der Waals surface area contributed by atoms with Crippen molar-refractivity contribution in [2.75, 3.05) is 6.61 Å². The first-order valence-corrected chi connectivity index (χ1v) is 11.8. The van der Waals surface area contributed by atoms with Crippen LogP contribution in [0.5, 0.6) is 5.75 Å². The zero-order chi connectivity index (χ0) is 24.5. The van der Waals surface area contributed by atoms with Crippen molar-refractivity contribution in [2.45, 2.75) is 25.6 Å². The lowest BCUT2D eigenvalue weighted by Gasteiger charge is -2.27. The number of benzene rings is 3. The number of aliphatic carboxylic acids is 1. The van der Waals surface area contributed by atoms with Crippen LogP contribution in [-0.4, -0.2) is 38.3 Å². The smallest absolute Gasteiger partial charge is 0.341 e. The molecule has 7 nitrogen and oxygen atoms in total.